The third-order valence-corrected chi connectivity index (χ3v) is 4.43. The predicted octanol–water partition coefficient (Wildman–Crippen LogP) is 4.16. The number of oxazole rings is 1. The Kier molecular flexibility index (Phi) is 4.63. The number of aryl methyl sites for hydroxylation is 1. The number of rotatable bonds is 5. The lowest BCUT2D eigenvalue weighted by Gasteiger charge is -2.13. The molecule has 2 aromatic heterocycles. The van der Waals surface area contributed by atoms with Gasteiger partial charge >= 0.3 is 5.76 Å². The maximum atomic E-state index is 14.1. The van der Waals surface area contributed by atoms with Gasteiger partial charge in [0.15, 0.2) is 5.58 Å². The number of anilines is 4. The molecule has 2 aromatic carbocycles. The molecule has 148 valence electrons. The molecule has 8 nitrogen and oxygen atoms in total. The fraction of sp³-hybridized carbons (Fsp3) is 0.150. The zero-order valence-corrected chi connectivity index (χ0v) is 16.0. The van der Waals surface area contributed by atoms with Crippen molar-refractivity contribution in [1.29, 1.82) is 0 Å². The number of nitrogens with one attached hydrogen (secondary N) is 3. The maximum absolute atomic E-state index is 14.1. The first-order valence-corrected chi connectivity index (χ1v) is 8.77. The van der Waals surface area contributed by atoms with E-state index in [1.54, 1.807) is 37.4 Å². The lowest BCUT2D eigenvalue weighted by Crippen LogP contribution is -2.03. The van der Waals surface area contributed by atoms with E-state index in [4.69, 9.17) is 9.15 Å². The summed E-state index contributed by atoms with van der Waals surface area (Å²) in [4.78, 5) is 22.6. The number of halogens is 1. The first-order valence-electron chi connectivity index (χ1n) is 8.77. The molecule has 4 aromatic rings. The lowest BCUT2D eigenvalue weighted by atomic mass is 10.2. The fourth-order valence-electron chi connectivity index (χ4n) is 2.86. The molecule has 9 heteroatoms. The zero-order chi connectivity index (χ0) is 20.5. The van der Waals surface area contributed by atoms with Crippen LogP contribution in [-0.4, -0.2) is 22.1 Å². The van der Waals surface area contributed by atoms with Gasteiger partial charge in [-0.1, -0.05) is 0 Å². The van der Waals surface area contributed by atoms with Gasteiger partial charge < -0.3 is 19.8 Å². The molecular formula is C20H18FN5O3. The van der Waals surface area contributed by atoms with Crippen molar-refractivity contribution in [1.82, 2.24) is 15.0 Å². The van der Waals surface area contributed by atoms with Crippen LogP contribution in [0.4, 0.5) is 27.5 Å². The van der Waals surface area contributed by atoms with Crippen LogP contribution in [0.15, 0.2) is 45.7 Å². The van der Waals surface area contributed by atoms with Gasteiger partial charge in [0.2, 0.25) is 5.95 Å². The van der Waals surface area contributed by atoms with E-state index in [9.17, 15) is 9.18 Å². The zero-order valence-electron chi connectivity index (χ0n) is 16.0. The fourth-order valence-corrected chi connectivity index (χ4v) is 2.86. The Morgan fingerprint density at radius 3 is 2.76 bits per heavy atom. The van der Waals surface area contributed by atoms with Crippen LogP contribution in [0.3, 0.4) is 0 Å². The number of aromatic amines is 1. The molecule has 0 aliphatic heterocycles. The Morgan fingerprint density at radius 2 is 1.97 bits per heavy atom. The Labute approximate surface area is 164 Å². The molecule has 0 spiro atoms. The van der Waals surface area contributed by atoms with E-state index in [-0.39, 0.29) is 5.82 Å². The van der Waals surface area contributed by atoms with Crippen LogP contribution in [0, 0.1) is 19.7 Å². The van der Waals surface area contributed by atoms with Gasteiger partial charge in [-0.15, -0.1) is 0 Å². The minimum Gasteiger partial charge on any atom is -0.496 e. The predicted molar refractivity (Wildman–Crippen MR) is 108 cm³/mol. The van der Waals surface area contributed by atoms with E-state index >= 15 is 0 Å². The van der Waals surface area contributed by atoms with Crippen molar-refractivity contribution in [2.45, 2.75) is 13.8 Å². The summed E-state index contributed by atoms with van der Waals surface area (Å²) in [7, 11) is 1.49. The van der Waals surface area contributed by atoms with Crippen LogP contribution in [0.5, 0.6) is 5.75 Å². The molecule has 0 bridgehead atoms. The van der Waals surface area contributed by atoms with Gasteiger partial charge in [-0.25, -0.2) is 14.2 Å². The normalized spacial score (nSPS) is 10.9. The average Bonchev–Trinajstić information content (AvgIpc) is 3.06. The standard InChI is InChI=1S/C20H18FN5O3/c1-10-9-22-19(24-13-6-14(21)11(2)17(8-13)28-3)26-18(10)23-12-4-5-16-15(7-12)25-20(27)29-16/h4-9H,1-3H3,(H,25,27)(H2,22,23,24,26). The number of fused-ring (bicyclic) bond motifs is 1. The van der Waals surface area contributed by atoms with Gasteiger partial charge in [0.25, 0.3) is 0 Å². The molecule has 0 amide bonds. The maximum Gasteiger partial charge on any atom is 0.417 e. The summed E-state index contributed by atoms with van der Waals surface area (Å²) >= 11 is 0. The number of ether oxygens (including phenoxy) is 1. The van der Waals surface area contributed by atoms with Gasteiger partial charge in [0.1, 0.15) is 17.4 Å². The molecule has 0 radical (unpaired) electrons. The van der Waals surface area contributed by atoms with Gasteiger partial charge in [0.05, 0.1) is 12.6 Å². The van der Waals surface area contributed by atoms with Gasteiger partial charge in [-0.05, 0) is 38.1 Å². The number of benzene rings is 2. The molecule has 0 atom stereocenters. The number of H-pyrrole nitrogens is 1. The summed E-state index contributed by atoms with van der Waals surface area (Å²) in [5, 5.41) is 6.18. The second-order valence-corrected chi connectivity index (χ2v) is 6.49. The second kappa shape index (κ2) is 7.27. The van der Waals surface area contributed by atoms with Gasteiger partial charge in [-0.3, -0.25) is 4.98 Å². The molecule has 0 fully saturated rings. The Morgan fingerprint density at radius 1 is 1.14 bits per heavy atom. The Balaban J connectivity index is 1.62. The SMILES string of the molecule is COc1cc(Nc2ncc(C)c(Nc3ccc4oc(=O)[nH]c4c3)n2)cc(F)c1C. The van der Waals surface area contributed by atoms with Crippen LogP contribution < -0.4 is 21.1 Å². The van der Waals surface area contributed by atoms with E-state index in [1.165, 1.54) is 13.2 Å². The minimum atomic E-state index is -0.511. The highest BCUT2D eigenvalue weighted by molar-refractivity contribution is 5.78. The van der Waals surface area contributed by atoms with Gasteiger partial charge in [-0.2, -0.15) is 4.98 Å². The van der Waals surface area contributed by atoms with Gasteiger partial charge in [0, 0.05) is 34.8 Å². The van der Waals surface area contributed by atoms with Crippen LogP contribution in [0.25, 0.3) is 11.1 Å². The number of aromatic nitrogens is 3. The quantitative estimate of drug-likeness (QED) is 0.466. The molecule has 0 saturated carbocycles. The highest BCUT2D eigenvalue weighted by Gasteiger charge is 2.11. The number of methoxy groups -OCH3 is 1. The number of hydrogen-bond acceptors (Lipinski definition) is 7. The highest BCUT2D eigenvalue weighted by Crippen LogP contribution is 2.28. The van der Waals surface area contributed by atoms with E-state index < -0.39 is 5.76 Å². The third kappa shape index (κ3) is 3.75. The van der Waals surface area contributed by atoms with Crippen molar-refractivity contribution in [2.75, 3.05) is 17.7 Å². The van der Waals surface area contributed by atoms with E-state index in [2.05, 4.69) is 25.6 Å². The summed E-state index contributed by atoms with van der Waals surface area (Å²) < 4.78 is 24.3. The molecule has 0 aliphatic carbocycles. The van der Waals surface area contributed by atoms with Crippen molar-refractivity contribution < 1.29 is 13.5 Å². The topological polar surface area (TPSA) is 105 Å². The molecule has 4 rings (SSSR count). The van der Waals surface area contributed by atoms with Crippen molar-refractivity contribution in [2.24, 2.45) is 0 Å². The van der Waals surface area contributed by atoms with Crippen LogP contribution in [0.1, 0.15) is 11.1 Å². The highest BCUT2D eigenvalue weighted by atomic mass is 19.1. The molecule has 0 unspecified atom stereocenters. The molecule has 0 aliphatic rings. The molecule has 29 heavy (non-hydrogen) atoms. The molecular weight excluding hydrogens is 377 g/mol. The first-order chi connectivity index (χ1) is 13.9. The van der Waals surface area contributed by atoms with Crippen LogP contribution in [-0.2, 0) is 0 Å². The second-order valence-electron chi connectivity index (χ2n) is 6.49. The van der Waals surface area contributed by atoms with Crippen LogP contribution >= 0.6 is 0 Å². The lowest BCUT2D eigenvalue weighted by molar-refractivity contribution is 0.407. The van der Waals surface area contributed by atoms with Crippen molar-refractivity contribution in [3.63, 3.8) is 0 Å². The average molecular weight is 395 g/mol. The smallest absolute Gasteiger partial charge is 0.417 e. The largest absolute Gasteiger partial charge is 0.496 e. The monoisotopic (exact) mass is 395 g/mol. The summed E-state index contributed by atoms with van der Waals surface area (Å²) in [6.07, 6.45) is 1.65. The Hall–Kier alpha value is -3.88. The number of nitrogens with zero attached hydrogens (tertiary/aromatic N) is 2. The van der Waals surface area contributed by atoms with Crippen molar-refractivity contribution >= 4 is 34.2 Å². The van der Waals surface area contributed by atoms with Crippen molar-refractivity contribution in [3.8, 4) is 5.75 Å². The van der Waals surface area contributed by atoms with E-state index in [0.717, 1.165) is 5.56 Å². The molecule has 0 saturated heterocycles. The molecule has 3 N–H and O–H groups in total. The summed E-state index contributed by atoms with van der Waals surface area (Å²) in [6, 6.07) is 8.24. The van der Waals surface area contributed by atoms with Crippen LogP contribution in [0.2, 0.25) is 0 Å². The summed E-state index contributed by atoms with van der Waals surface area (Å²) in [5.74, 6) is 0.385. The summed E-state index contributed by atoms with van der Waals surface area (Å²) in [6.45, 7) is 3.51. The van der Waals surface area contributed by atoms with E-state index in [0.29, 0.717) is 45.6 Å². The first kappa shape index (κ1) is 18.5. The molecule has 2 heterocycles. The number of hydrogen-bond donors (Lipinski definition) is 3. The van der Waals surface area contributed by atoms with Crippen molar-refractivity contribution in [3.05, 3.63) is 64.0 Å². The Bertz CT molecular complexity index is 1260. The summed E-state index contributed by atoms with van der Waals surface area (Å²) in [5.41, 5.74) is 3.47. The minimum absolute atomic E-state index is 0.293. The van der Waals surface area contributed by atoms with E-state index in [1.807, 2.05) is 6.92 Å². The third-order valence-electron chi connectivity index (χ3n) is 4.43.